The fourth-order valence-electron chi connectivity index (χ4n) is 2.88. The SMILES string of the molecule is CCCc1c(NCCS(=O)(=O)O)nc2cc(Cl)ccc2c1-n1ccnc1. The summed E-state index contributed by atoms with van der Waals surface area (Å²) in [6, 6.07) is 5.50. The van der Waals surface area contributed by atoms with Crippen molar-refractivity contribution >= 4 is 38.4 Å². The minimum Gasteiger partial charge on any atom is -0.369 e. The Morgan fingerprint density at radius 2 is 2.15 bits per heavy atom. The minimum absolute atomic E-state index is 0.0536. The van der Waals surface area contributed by atoms with E-state index in [1.54, 1.807) is 18.6 Å². The van der Waals surface area contributed by atoms with Crippen LogP contribution in [0.5, 0.6) is 0 Å². The van der Waals surface area contributed by atoms with Gasteiger partial charge in [-0.2, -0.15) is 8.42 Å². The van der Waals surface area contributed by atoms with Crippen molar-refractivity contribution in [2.45, 2.75) is 19.8 Å². The number of halogens is 1. The van der Waals surface area contributed by atoms with Crippen molar-refractivity contribution in [2.24, 2.45) is 0 Å². The summed E-state index contributed by atoms with van der Waals surface area (Å²) in [5, 5.41) is 4.53. The third-order valence-electron chi connectivity index (χ3n) is 3.93. The van der Waals surface area contributed by atoms with Gasteiger partial charge in [0, 0.05) is 34.9 Å². The van der Waals surface area contributed by atoms with Crippen LogP contribution in [-0.4, -0.2) is 39.8 Å². The summed E-state index contributed by atoms with van der Waals surface area (Å²) in [6.45, 7) is 2.11. The fourth-order valence-corrected chi connectivity index (χ4v) is 3.40. The lowest BCUT2D eigenvalue weighted by Crippen LogP contribution is -2.17. The largest absolute Gasteiger partial charge is 0.369 e. The van der Waals surface area contributed by atoms with E-state index in [0.29, 0.717) is 16.4 Å². The number of fused-ring (bicyclic) bond motifs is 1. The molecule has 0 aliphatic rings. The second-order valence-corrected chi connectivity index (χ2v) is 7.89. The van der Waals surface area contributed by atoms with Crippen LogP contribution in [-0.2, 0) is 16.5 Å². The molecule has 0 aliphatic heterocycles. The lowest BCUT2D eigenvalue weighted by molar-refractivity contribution is 0.484. The standard InChI is InChI=1S/C17H19ClN4O3S/c1-2-3-14-16(22-8-6-19-11-22)13-5-4-12(18)10-15(13)21-17(14)20-7-9-26(23,24)25/h4-6,8,10-11H,2-3,7,9H2,1H3,(H,20,21)(H,23,24,25). The molecular weight excluding hydrogens is 376 g/mol. The Morgan fingerprint density at radius 3 is 2.81 bits per heavy atom. The Labute approximate surface area is 156 Å². The van der Waals surface area contributed by atoms with Gasteiger partial charge in [-0.15, -0.1) is 0 Å². The van der Waals surface area contributed by atoms with Gasteiger partial charge < -0.3 is 9.88 Å². The third kappa shape index (κ3) is 4.14. The van der Waals surface area contributed by atoms with Crippen molar-refractivity contribution in [3.8, 4) is 5.69 Å². The fraction of sp³-hybridized carbons (Fsp3) is 0.294. The van der Waals surface area contributed by atoms with Crippen LogP contribution in [0.2, 0.25) is 5.02 Å². The Kier molecular flexibility index (Phi) is 5.45. The first-order valence-corrected chi connectivity index (χ1v) is 10.2. The van der Waals surface area contributed by atoms with Crippen LogP contribution in [0.25, 0.3) is 16.6 Å². The van der Waals surface area contributed by atoms with E-state index in [-0.39, 0.29) is 6.54 Å². The van der Waals surface area contributed by atoms with Gasteiger partial charge in [-0.05, 0) is 24.6 Å². The summed E-state index contributed by atoms with van der Waals surface area (Å²) < 4.78 is 32.9. The molecule has 2 N–H and O–H groups in total. The van der Waals surface area contributed by atoms with Crippen LogP contribution in [0.4, 0.5) is 5.82 Å². The number of aromatic nitrogens is 3. The van der Waals surface area contributed by atoms with Gasteiger partial charge >= 0.3 is 0 Å². The number of nitrogens with zero attached hydrogens (tertiary/aromatic N) is 3. The summed E-state index contributed by atoms with van der Waals surface area (Å²) in [5.74, 6) is 0.183. The summed E-state index contributed by atoms with van der Waals surface area (Å²) in [7, 11) is -4.05. The lowest BCUT2D eigenvalue weighted by atomic mass is 10.0. The molecule has 0 saturated carbocycles. The molecule has 1 aromatic carbocycles. The van der Waals surface area contributed by atoms with Crippen molar-refractivity contribution in [3.63, 3.8) is 0 Å². The molecule has 0 aliphatic carbocycles. The zero-order valence-corrected chi connectivity index (χ0v) is 15.8. The van der Waals surface area contributed by atoms with Crippen LogP contribution in [0.15, 0.2) is 36.9 Å². The molecule has 0 atom stereocenters. The van der Waals surface area contributed by atoms with E-state index in [4.69, 9.17) is 16.2 Å². The normalized spacial score (nSPS) is 11.8. The van der Waals surface area contributed by atoms with Gasteiger partial charge in [0.25, 0.3) is 10.1 Å². The van der Waals surface area contributed by atoms with Gasteiger partial charge in [-0.3, -0.25) is 4.55 Å². The van der Waals surface area contributed by atoms with Crippen molar-refractivity contribution < 1.29 is 13.0 Å². The maximum Gasteiger partial charge on any atom is 0.266 e. The molecule has 3 aromatic rings. The maximum absolute atomic E-state index is 11.0. The highest BCUT2D eigenvalue weighted by atomic mass is 35.5. The molecule has 0 amide bonds. The minimum atomic E-state index is -4.05. The molecule has 0 radical (unpaired) electrons. The number of hydrogen-bond donors (Lipinski definition) is 2. The Balaban J connectivity index is 2.17. The van der Waals surface area contributed by atoms with E-state index in [0.717, 1.165) is 29.5 Å². The summed E-state index contributed by atoms with van der Waals surface area (Å²) in [5.41, 5.74) is 2.58. The van der Waals surface area contributed by atoms with E-state index in [1.807, 2.05) is 22.9 Å². The van der Waals surface area contributed by atoms with E-state index in [1.165, 1.54) is 0 Å². The molecule has 26 heavy (non-hydrogen) atoms. The number of pyridine rings is 1. The Morgan fingerprint density at radius 1 is 1.35 bits per heavy atom. The van der Waals surface area contributed by atoms with E-state index in [2.05, 4.69) is 22.2 Å². The number of nitrogens with one attached hydrogen (secondary N) is 1. The third-order valence-corrected chi connectivity index (χ3v) is 4.89. The number of benzene rings is 1. The highest BCUT2D eigenvalue weighted by Gasteiger charge is 2.17. The molecule has 0 spiro atoms. The van der Waals surface area contributed by atoms with E-state index in [9.17, 15) is 8.42 Å². The van der Waals surface area contributed by atoms with Gasteiger partial charge in [0.1, 0.15) is 5.82 Å². The van der Waals surface area contributed by atoms with Gasteiger partial charge in [-0.1, -0.05) is 24.9 Å². The van der Waals surface area contributed by atoms with Crippen LogP contribution >= 0.6 is 11.6 Å². The molecular formula is C17H19ClN4O3S. The number of anilines is 1. The predicted molar refractivity (Wildman–Crippen MR) is 103 cm³/mol. The number of imidazole rings is 1. The smallest absolute Gasteiger partial charge is 0.266 e. The highest BCUT2D eigenvalue weighted by molar-refractivity contribution is 7.85. The molecule has 138 valence electrons. The van der Waals surface area contributed by atoms with Crippen LogP contribution in [0.1, 0.15) is 18.9 Å². The van der Waals surface area contributed by atoms with Crippen LogP contribution in [0, 0.1) is 0 Å². The molecule has 3 rings (SSSR count). The van der Waals surface area contributed by atoms with Crippen molar-refractivity contribution in [1.82, 2.24) is 14.5 Å². The number of rotatable bonds is 7. The first-order valence-electron chi connectivity index (χ1n) is 8.18. The second-order valence-electron chi connectivity index (χ2n) is 5.88. The van der Waals surface area contributed by atoms with Crippen molar-refractivity contribution in [1.29, 1.82) is 0 Å². The molecule has 0 bridgehead atoms. The first kappa shape index (κ1) is 18.6. The average molecular weight is 395 g/mol. The molecule has 7 nitrogen and oxygen atoms in total. The van der Waals surface area contributed by atoms with Crippen molar-refractivity contribution in [2.75, 3.05) is 17.6 Å². The lowest BCUT2D eigenvalue weighted by Gasteiger charge is -2.18. The molecule has 0 fully saturated rings. The molecule has 0 saturated heterocycles. The van der Waals surface area contributed by atoms with Crippen LogP contribution in [0.3, 0.4) is 0 Å². The monoisotopic (exact) mass is 394 g/mol. The zero-order valence-electron chi connectivity index (χ0n) is 14.2. The topological polar surface area (TPSA) is 97.1 Å². The van der Waals surface area contributed by atoms with E-state index >= 15 is 0 Å². The second kappa shape index (κ2) is 7.61. The Bertz CT molecular complexity index is 1020. The molecule has 9 heteroatoms. The van der Waals surface area contributed by atoms with Gasteiger partial charge in [-0.25, -0.2) is 9.97 Å². The average Bonchev–Trinajstić information content (AvgIpc) is 3.08. The predicted octanol–water partition coefficient (Wildman–Crippen LogP) is 3.33. The highest BCUT2D eigenvalue weighted by Crippen LogP contribution is 2.32. The van der Waals surface area contributed by atoms with Gasteiger partial charge in [0.2, 0.25) is 0 Å². The maximum atomic E-state index is 11.0. The van der Waals surface area contributed by atoms with Crippen LogP contribution < -0.4 is 5.32 Å². The quantitative estimate of drug-likeness (QED) is 0.596. The van der Waals surface area contributed by atoms with Crippen molar-refractivity contribution in [3.05, 3.63) is 47.5 Å². The first-order chi connectivity index (χ1) is 12.4. The zero-order chi connectivity index (χ0) is 18.7. The summed E-state index contributed by atoms with van der Waals surface area (Å²) >= 11 is 6.12. The van der Waals surface area contributed by atoms with Gasteiger partial charge in [0.15, 0.2) is 0 Å². The van der Waals surface area contributed by atoms with Gasteiger partial charge in [0.05, 0.1) is 23.3 Å². The molecule has 2 heterocycles. The summed E-state index contributed by atoms with van der Waals surface area (Å²) in [6.07, 6.45) is 6.89. The van der Waals surface area contributed by atoms with E-state index < -0.39 is 15.9 Å². The Hall–Kier alpha value is -2.16. The summed E-state index contributed by atoms with van der Waals surface area (Å²) in [4.78, 5) is 8.77. The number of hydrogen-bond acceptors (Lipinski definition) is 5. The molecule has 2 aromatic heterocycles. The molecule has 0 unspecified atom stereocenters.